The number of phenolic OH excluding ortho intramolecular Hbond substituents is 1. The zero-order valence-corrected chi connectivity index (χ0v) is 19.0. The standard InChI is InChI=1S/C28H34N2O2/c1-2-7-20-12-13-23-17-22-10-6-11-27(31)25(22)18-28(23)32-24(16-20)19-30-15-14-26(29-30)21-8-4-3-5-9-21/h3-6,8-11,14-15,20,23-24,28,31H,2,7,12-13,16-19H2,1H3/t20?,23-,24-,28-/m1/s1. The highest BCUT2D eigenvalue weighted by Gasteiger charge is 2.35. The molecule has 1 unspecified atom stereocenters. The first-order valence-corrected chi connectivity index (χ1v) is 12.2. The summed E-state index contributed by atoms with van der Waals surface area (Å²) in [5.41, 5.74) is 4.55. The maximum absolute atomic E-state index is 10.4. The first-order chi connectivity index (χ1) is 15.7. The third-order valence-electron chi connectivity index (χ3n) is 7.37. The van der Waals surface area contributed by atoms with E-state index < -0.39 is 0 Å². The van der Waals surface area contributed by atoms with E-state index >= 15 is 0 Å². The molecule has 2 aliphatic rings. The van der Waals surface area contributed by atoms with Gasteiger partial charge in [-0.2, -0.15) is 5.10 Å². The molecule has 0 spiro atoms. The Kier molecular flexibility index (Phi) is 6.31. The third-order valence-corrected chi connectivity index (χ3v) is 7.37. The SMILES string of the molecule is CCCC1CC[C@@H]2Cc3cccc(O)c3C[C@H]2O[C@@H](Cn2ccc(-c3ccccc3)n2)C1. The number of hydrogen-bond donors (Lipinski definition) is 1. The van der Waals surface area contributed by atoms with Crippen LogP contribution in [0.1, 0.15) is 50.2 Å². The van der Waals surface area contributed by atoms with Crippen molar-refractivity contribution in [3.05, 3.63) is 71.9 Å². The van der Waals surface area contributed by atoms with Gasteiger partial charge in [-0.25, -0.2) is 0 Å². The van der Waals surface area contributed by atoms with Gasteiger partial charge in [-0.15, -0.1) is 0 Å². The predicted molar refractivity (Wildman–Crippen MR) is 128 cm³/mol. The van der Waals surface area contributed by atoms with Gasteiger partial charge >= 0.3 is 0 Å². The van der Waals surface area contributed by atoms with Gasteiger partial charge in [-0.05, 0) is 60.8 Å². The smallest absolute Gasteiger partial charge is 0.119 e. The zero-order chi connectivity index (χ0) is 21.9. The monoisotopic (exact) mass is 430 g/mol. The van der Waals surface area contributed by atoms with Crippen LogP contribution in [0.15, 0.2) is 60.8 Å². The molecule has 0 amide bonds. The Balaban J connectivity index is 1.36. The van der Waals surface area contributed by atoms with Crippen LogP contribution in [-0.2, 0) is 24.1 Å². The number of rotatable bonds is 5. The predicted octanol–water partition coefficient (Wildman–Crippen LogP) is 6.02. The van der Waals surface area contributed by atoms with E-state index in [0.29, 0.717) is 17.6 Å². The van der Waals surface area contributed by atoms with Crippen molar-refractivity contribution in [2.75, 3.05) is 0 Å². The second kappa shape index (κ2) is 9.50. The Morgan fingerprint density at radius 2 is 1.91 bits per heavy atom. The molecule has 4 nitrogen and oxygen atoms in total. The van der Waals surface area contributed by atoms with E-state index in [4.69, 9.17) is 9.84 Å². The molecule has 1 saturated heterocycles. The van der Waals surface area contributed by atoms with Crippen LogP contribution in [0.2, 0.25) is 0 Å². The Labute approximate surface area is 191 Å². The number of fused-ring (bicyclic) bond motifs is 2. The molecule has 2 aromatic carbocycles. The van der Waals surface area contributed by atoms with Crippen molar-refractivity contribution in [3.63, 3.8) is 0 Å². The van der Waals surface area contributed by atoms with E-state index in [1.807, 2.05) is 18.2 Å². The second-order valence-electron chi connectivity index (χ2n) is 9.64. The third kappa shape index (κ3) is 4.61. The summed E-state index contributed by atoms with van der Waals surface area (Å²) in [6.45, 7) is 3.07. The van der Waals surface area contributed by atoms with Crippen molar-refractivity contribution in [1.82, 2.24) is 9.78 Å². The molecule has 4 atom stereocenters. The molecule has 0 radical (unpaired) electrons. The first-order valence-electron chi connectivity index (χ1n) is 12.2. The molecule has 1 aromatic heterocycles. The fourth-order valence-electron chi connectivity index (χ4n) is 5.74. The van der Waals surface area contributed by atoms with Gasteiger partial charge in [0.2, 0.25) is 0 Å². The van der Waals surface area contributed by atoms with Crippen LogP contribution in [0, 0.1) is 11.8 Å². The number of aromatic hydroxyl groups is 1. The fourth-order valence-corrected chi connectivity index (χ4v) is 5.74. The average Bonchev–Trinajstić information content (AvgIpc) is 3.26. The van der Waals surface area contributed by atoms with Crippen molar-refractivity contribution in [3.8, 4) is 17.0 Å². The maximum Gasteiger partial charge on any atom is 0.119 e. The van der Waals surface area contributed by atoms with E-state index in [2.05, 4.69) is 54.2 Å². The van der Waals surface area contributed by atoms with Gasteiger partial charge in [0, 0.05) is 18.2 Å². The molecule has 0 bridgehead atoms. The molecule has 32 heavy (non-hydrogen) atoms. The van der Waals surface area contributed by atoms with E-state index in [0.717, 1.165) is 42.6 Å². The van der Waals surface area contributed by atoms with Crippen LogP contribution < -0.4 is 0 Å². The minimum atomic E-state index is 0.148. The lowest BCUT2D eigenvalue weighted by molar-refractivity contribution is -0.0780. The number of nitrogens with zero attached hydrogens (tertiary/aromatic N) is 2. The molecule has 0 saturated carbocycles. The van der Waals surface area contributed by atoms with Crippen LogP contribution >= 0.6 is 0 Å². The van der Waals surface area contributed by atoms with Crippen LogP contribution in [-0.4, -0.2) is 27.1 Å². The largest absolute Gasteiger partial charge is 0.508 e. The van der Waals surface area contributed by atoms with Gasteiger partial charge in [0.1, 0.15) is 5.75 Å². The molecule has 1 aliphatic heterocycles. The molecular formula is C28H34N2O2. The summed E-state index contributed by atoms with van der Waals surface area (Å²) in [4.78, 5) is 0. The summed E-state index contributed by atoms with van der Waals surface area (Å²) in [5, 5.41) is 15.3. The van der Waals surface area contributed by atoms with Gasteiger partial charge in [0.15, 0.2) is 0 Å². The Morgan fingerprint density at radius 1 is 1.03 bits per heavy atom. The van der Waals surface area contributed by atoms with E-state index in [-0.39, 0.29) is 12.2 Å². The van der Waals surface area contributed by atoms with Crippen molar-refractivity contribution in [1.29, 1.82) is 0 Å². The first kappa shape index (κ1) is 21.3. The zero-order valence-electron chi connectivity index (χ0n) is 19.0. The fraction of sp³-hybridized carbons (Fsp3) is 0.464. The minimum Gasteiger partial charge on any atom is -0.508 e. The number of ether oxygens (including phenoxy) is 1. The van der Waals surface area contributed by atoms with Gasteiger partial charge in [-0.3, -0.25) is 4.68 Å². The minimum absolute atomic E-state index is 0.148. The van der Waals surface area contributed by atoms with Crippen molar-refractivity contribution in [2.45, 2.75) is 70.6 Å². The lowest BCUT2D eigenvalue weighted by atomic mass is 9.76. The van der Waals surface area contributed by atoms with Crippen molar-refractivity contribution < 1.29 is 9.84 Å². The molecule has 3 aromatic rings. The molecule has 2 heterocycles. The summed E-state index contributed by atoms with van der Waals surface area (Å²) in [6.07, 6.45) is 10.3. The van der Waals surface area contributed by atoms with Crippen LogP contribution in [0.25, 0.3) is 11.3 Å². The summed E-state index contributed by atoms with van der Waals surface area (Å²) in [7, 11) is 0. The molecule has 1 aliphatic carbocycles. The van der Waals surface area contributed by atoms with Crippen molar-refractivity contribution >= 4 is 0 Å². The van der Waals surface area contributed by atoms with Gasteiger partial charge < -0.3 is 9.84 Å². The Morgan fingerprint density at radius 3 is 2.75 bits per heavy atom. The summed E-state index contributed by atoms with van der Waals surface area (Å²) in [6, 6.07) is 18.4. The average molecular weight is 431 g/mol. The molecule has 5 rings (SSSR count). The Hall–Kier alpha value is -2.59. The number of hydrogen-bond acceptors (Lipinski definition) is 3. The second-order valence-corrected chi connectivity index (χ2v) is 9.64. The summed E-state index contributed by atoms with van der Waals surface area (Å²) in [5.74, 6) is 1.66. The van der Waals surface area contributed by atoms with E-state index in [1.54, 1.807) is 0 Å². The molecule has 168 valence electrons. The van der Waals surface area contributed by atoms with Gasteiger partial charge in [-0.1, -0.05) is 62.2 Å². The van der Waals surface area contributed by atoms with Crippen LogP contribution in [0.5, 0.6) is 5.75 Å². The highest BCUT2D eigenvalue weighted by molar-refractivity contribution is 5.57. The van der Waals surface area contributed by atoms with E-state index in [1.165, 1.54) is 31.2 Å². The van der Waals surface area contributed by atoms with Gasteiger partial charge in [0.05, 0.1) is 24.4 Å². The number of aromatic nitrogens is 2. The summed E-state index contributed by atoms with van der Waals surface area (Å²) >= 11 is 0. The van der Waals surface area contributed by atoms with Crippen LogP contribution in [0.4, 0.5) is 0 Å². The lowest BCUT2D eigenvalue weighted by Gasteiger charge is -2.39. The normalized spacial score (nSPS) is 25.4. The lowest BCUT2D eigenvalue weighted by Crippen LogP contribution is -2.40. The van der Waals surface area contributed by atoms with Crippen molar-refractivity contribution in [2.24, 2.45) is 11.8 Å². The highest BCUT2D eigenvalue weighted by Crippen LogP contribution is 2.39. The number of phenols is 1. The topological polar surface area (TPSA) is 47.3 Å². The molecule has 1 fully saturated rings. The number of benzene rings is 2. The highest BCUT2D eigenvalue weighted by atomic mass is 16.5. The Bertz CT molecular complexity index is 1030. The summed E-state index contributed by atoms with van der Waals surface area (Å²) < 4.78 is 8.89. The molecule has 4 heteroatoms. The van der Waals surface area contributed by atoms with Gasteiger partial charge in [0.25, 0.3) is 0 Å². The maximum atomic E-state index is 10.4. The molecular weight excluding hydrogens is 396 g/mol. The molecule has 1 N–H and O–H groups in total. The van der Waals surface area contributed by atoms with Crippen LogP contribution in [0.3, 0.4) is 0 Å². The van der Waals surface area contributed by atoms with E-state index in [9.17, 15) is 5.11 Å². The quantitative estimate of drug-likeness (QED) is 0.538.